The summed E-state index contributed by atoms with van der Waals surface area (Å²) in [4.78, 5) is 39.3. The van der Waals surface area contributed by atoms with Crippen molar-refractivity contribution in [3.8, 4) is 0 Å². The van der Waals surface area contributed by atoms with Crippen LogP contribution in [0.2, 0.25) is 10.0 Å². The molecule has 0 bridgehead atoms. The van der Waals surface area contributed by atoms with E-state index in [9.17, 15) is 14.4 Å². The van der Waals surface area contributed by atoms with E-state index in [4.69, 9.17) is 32.7 Å². The van der Waals surface area contributed by atoms with Crippen molar-refractivity contribution in [1.29, 1.82) is 0 Å². The number of ether oxygens (including phenoxy) is 2. The summed E-state index contributed by atoms with van der Waals surface area (Å²) in [5.41, 5.74) is 2.59. The van der Waals surface area contributed by atoms with E-state index in [1.54, 1.807) is 25.1 Å². The topological polar surface area (TPSA) is 81.7 Å². The van der Waals surface area contributed by atoms with E-state index in [2.05, 4.69) is 5.32 Å². The van der Waals surface area contributed by atoms with E-state index in [0.717, 1.165) is 0 Å². The fraction of sp³-hybridized carbons (Fsp3) is 0.458. The van der Waals surface area contributed by atoms with E-state index in [-0.39, 0.29) is 17.8 Å². The smallest absolute Gasteiger partial charge is 0.337 e. The third kappa shape index (κ3) is 4.44. The molecule has 1 aliphatic carbocycles. The van der Waals surface area contributed by atoms with E-state index >= 15 is 0 Å². The van der Waals surface area contributed by atoms with Gasteiger partial charge < -0.3 is 14.8 Å². The van der Waals surface area contributed by atoms with Gasteiger partial charge in [-0.1, -0.05) is 43.1 Å². The van der Waals surface area contributed by atoms with Crippen LogP contribution in [0.4, 0.5) is 0 Å². The Balaban J connectivity index is 2.19. The molecular weight excluding hydrogens is 453 g/mol. The molecule has 1 aromatic carbocycles. The van der Waals surface area contributed by atoms with Crippen molar-refractivity contribution in [2.24, 2.45) is 11.8 Å². The molecule has 0 saturated carbocycles. The van der Waals surface area contributed by atoms with Crippen LogP contribution in [0, 0.1) is 11.8 Å². The van der Waals surface area contributed by atoms with Crippen molar-refractivity contribution in [3.63, 3.8) is 0 Å². The Morgan fingerprint density at radius 2 is 1.94 bits per heavy atom. The second-order valence-corrected chi connectivity index (χ2v) is 9.15. The Morgan fingerprint density at radius 1 is 1.25 bits per heavy atom. The van der Waals surface area contributed by atoms with Gasteiger partial charge >= 0.3 is 11.9 Å². The minimum atomic E-state index is -0.948. The van der Waals surface area contributed by atoms with Gasteiger partial charge in [0, 0.05) is 22.9 Å². The lowest BCUT2D eigenvalue weighted by molar-refractivity contribution is -0.151. The molecule has 0 amide bonds. The number of Topliss-reactive ketones (excluding diaryl/α,β-unsaturated/α-hetero) is 1. The first-order chi connectivity index (χ1) is 15.1. The average Bonchev–Trinajstić information content (AvgIpc) is 2.74. The van der Waals surface area contributed by atoms with Gasteiger partial charge in [0.15, 0.2) is 5.78 Å². The Morgan fingerprint density at radius 3 is 2.53 bits per heavy atom. The lowest BCUT2D eigenvalue weighted by atomic mass is 9.69. The van der Waals surface area contributed by atoms with Gasteiger partial charge in [-0.15, -0.1) is 0 Å². The minimum Gasteiger partial charge on any atom is -0.468 e. The van der Waals surface area contributed by atoms with Crippen molar-refractivity contribution in [1.82, 2.24) is 5.32 Å². The molecule has 0 aromatic heterocycles. The number of dihydropyridines is 1. The lowest BCUT2D eigenvalue weighted by Crippen LogP contribution is -2.43. The van der Waals surface area contributed by atoms with Crippen molar-refractivity contribution < 1.29 is 23.9 Å². The zero-order valence-electron chi connectivity index (χ0n) is 18.8. The van der Waals surface area contributed by atoms with Gasteiger partial charge in [0.05, 0.1) is 28.8 Å². The molecule has 0 saturated heterocycles. The number of methoxy groups -OCH3 is 1. The van der Waals surface area contributed by atoms with Crippen LogP contribution in [0.1, 0.15) is 52.0 Å². The maximum atomic E-state index is 13.6. The highest BCUT2D eigenvalue weighted by Gasteiger charge is 2.47. The number of carbonyl (C=O) groups excluding carboxylic acids is 3. The first kappa shape index (κ1) is 24.3. The first-order valence-corrected chi connectivity index (χ1v) is 11.3. The number of rotatable bonds is 5. The molecule has 6 nitrogen and oxygen atoms in total. The van der Waals surface area contributed by atoms with Gasteiger partial charge in [0.1, 0.15) is 5.92 Å². The molecule has 4 atom stereocenters. The summed E-state index contributed by atoms with van der Waals surface area (Å²) in [6.45, 7) is 7.35. The molecule has 3 rings (SSSR count). The van der Waals surface area contributed by atoms with Gasteiger partial charge in [0.2, 0.25) is 0 Å². The highest BCUT2D eigenvalue weighted by Crippen LogP contribution is 2.46. The summed E-state index contributed by atoms with van der Waals surface area (Å²) < 4.78 is 10.5. The number of halogens is 2. The van der Waals surface area contributed by atoms with Gasteiger partial charge in [-0.2, -0.15) is 0 Å². The number of esters is 2. The summed E-state index contributed by atoms with van der Waals surface area (Å²) in [5, 5.41) is 3.90. The van der Waals surface area contributed by atoms with Crippen LogP contribution in [-0.2, 0) is 23.9 Å². The van der Waals surface area contributed by atoms with E-state index in [1.165, 1.54) is 7.11 Å². The second-order valence-electron chi connectivity index (χ2n) is 8.33. The molecular formula is C24H27Cl2NO5. The molecule has 8 heteroatoms. The van der Waals surface area contributed by atoms with E-state index < -0.39 is 23.8 Å². The lowest BCUT2D eigenvalue weighted by Gasteiger charge is -2.38. The molecule has 1 N–H and O–H groups in total. The predicted molar refractivity (Wildman–Crippen MR) is 122 cm³/mol. The zero-order valence-corrected chi connectivity index (χ0v) is 20.3. The van der Waals surface area contributed by atoms with Gasteiger partial charge in [0.25, 0.3) is 0 Å². The molecule has 172 valence electrons. The van der Waals surface area contributed by atoms with Crippen LogP contribution in [-0.4, -0.2) is 30.9 Å². The Bertz CT molecular complexity index is 1030. The van der Waals surface area contributed by atoms with Crippen LogP contribution in [0.25, 0.3) is 0 Å². The third-order valence-corrected chi connectivity index (χ3v) is 6.86. The van der Waals surface area contributed by atoms with Crippen molar-refractivity contribution in [3.05, 3.63) is 56.3 Å². The van der Waals surface area contributed by atoms with Crippen LogP contribution < -0.4 is 5.32 Å². The molecule has 0 unspecified atom stereocenters. The van der Waals surface area contributed by atoms with Gasteiger partial charge in [-0.25, -0.2) is 4.79 Å². The maximum absolute atomic E-state index is 13.6. The summed E-state index contributed by atoms with van der Waals surface area (Å²) in [6.07, 6.45) is 0.819. The Kier molecular flexibility index (Phi) is 7.36. The number of benzene rings is 1. The Labute approximate surface area is 197 Å². The summed E-state index contributed by atoms with van der Waals surface area (Å²) in [6, 6.07) is 5.01. The standard InChI is InChI=1S/C24H27Cl2NO5/c1-6-12(3)32-24(30)19-13(4)27-17-9-11(2)18(23(29)31-5)22(28)21(17)20(19)14-7-8-15(25)16(26)10-14/h7-8,10-12,18,20,27H,6,9H2,1-5H3/t11-,12-,18+,20+/m0/s1. The monoisotopic (exact) mass is 479 g/mol. The van der Waals surface area contributed by atoms with Crippen molar-refractivity contribution in [2.75, 3.05) is 7.11 Å². The molecule has 32 heavy (non-hydrogen) atoms. The summed E-state index contributed by atoms with van der Waals surface area (Å²) >= 11 is 12.4. The zero-order chi connectivity index (χ0) is 23.7. The van der Waals surface area contributed by atoms with Gasteiger partial charge in [-0.3, -0.25) is 9.59 Å². The van der Waals surface area contributed by atoms with Crippen LogP contribution in [0.3, 0.4) is 0 Å². The summed E-state index contributed by atoms with van der Waals surface area (Å²) in [5.74, 6) is -3.42. The first-order valence-electron chi connectivity index (χ1n) is 10.6. The molecule has 1 heterocycles. The number of carbonyl (C=O) groups is 3. The fourth-order valence-electron chi connectivity index (χ4n) is 4.31. The van der Waals surface area contributed by atoms with Crippen molar-refractivity contribution >= 4 is 40.9 Å². The highest BCUT2D eigenvalue weighted by molar-refractivity contribution is 6.42. The fourth-order valence-corrected chi connectivity index (χ4v) is 4.61. The summed E-state index contributed by atoms with van der Waals surface area (Å²) in [7, 11) is 1.26. The SMILES string of the molecule is CC[C@H](C)OC(=O)C1=C(C)NC2=C(C(=O)[C@H](C(=O)OC)[C@@H](C)C2)[C@@H]1c1ccc(Cl)c(Cl)c1. The van der Waals surface area contributed by atoms with E-state index in [0.29, 0.717) is 51.0 Å². The van der Waals surface area contributed by atoms with E-state index in [1.807, 2.05) is 20.8 Å². The molecule has 1 aromatic rings. The number of allylic oxidation sites excluding steroid dienone is 3. The van der Waals surface area contributed by atoms with Crippen LogP contribution in [0.5, 0.6) is 0 Å². The molecule has 0 fully saturated rings. The number of hydrogen-bond donors (Lipinski definition) is 1. The average molecular weight is 480 g/mol. The van der Waals surface area contributed by atoms with Gasteiger partial charge in [-0.05, 0) is 50.3 Å². The highest BCUT2D eigenvalue weighted by atomic mass is 35.5. The number of hydrogen-bond acceptors (Lipinski definition) is 6. The number of nitrogens with one attached hydrogen (secondary N) is 1. The predicted octanol–water partition coefficient (Wildman–Crippen LogP) is 4.95. The molecule has 2 aliphatic rings. The van der Waals surface area contributed by atoms with Crippen LogP contribution >= 0.6 is 23.2 Å². The second kappa shape index (κ2) is 9.67. The minimum absolute atomic E-state index is 0.253. The molecule has 1 aliphatic heterocycles. The largest absolute Gasteiger partial charge is 0.468 e. The normalized spacial score (nSPS) is 24.0. The molecule has 0 spiro atoms. The maximum Gasteiger partial charge on any atom is 0.337 e. The van der Waals surface area contributed by atoms with Crippen molar-refractivity contribution in [2.45, 2.75) is 52.6 Å². The quantitative estimate of drug-likeness (QED) is 0.475. The number of ketones is 1. The third-order valence-electron chi connectivity index (χ3n) is 6.12. The Hall–Kier alpha value is -2.31. The molecule has 0 radical (unpaired) electrons. The van der Waals surface area contributed by atoms with Crippen LogP contribution in [0.15, 0.2) is 40.7 Å².